The van der Waals surface area contributed by atoms with Gasteiger partial charge in [-0.3, -0.25) is 4.79 Å². The summed E-state index contributed by atoms with van der Waals surface area (Å²) in [5.74, 6) is -7.43. The van der Waals surface area contributed by atoms with Crippen LogP contribution in [0.1, 0.15) is 19.8 Å². The molecule has 0 saturated carbocycles. The Hall–Kier alpha value is -1.24. The summed E-state index contributed by atoms with van der Waals surface area (Å²) in [5.41, 5.74) is 0. The Kier molecular flexibility index (Phi) is 5.65. The van der Waals surface area contributed by atoms with E-state index in [4.69, 9.17) is 4.74 Å². The first-order valence-electron chi connectivity index (χ1n) is 6.28. The summed E-state index contributed by atoms with van der Waals surface area (Å²) in [6, 6.07) is 0. The lowest BCUT2D eigenvalue weighted by Gasteiger charge is -2.28. The van der Waals surface area contributed by atoms with Gasteiger partial charge in [-0.25, -0.2) is 4.79 Å². The number of carbonyl (C=O) groups excluding carboxylic acids is 2. The molecule has 1 rings (SSSR count). The van der Waals surface area contributed by atoms with Gasteiger partial charge in [0.25, 0.3) is 0 Å². The lowest BCUT2D eigenvalue weighted by Crippen LogP contribution is -2.49. The monoisotopic (exact) mass is 279 g/mol. The maximum absolute atomic E-state index is 13.5. The molecule has 0 bridgehead atoms. The van der Waals surface area contributed by atoms with E-state index in [2.05, 4.69) is 4.74 Å². The summed E-state index contributed by atoms with van der Waals surface area (Å²) in [6.45, 7) is 2.47. The van der Waals surface area contributed by atoms with Gasteiger partial charge in [0.15, 0.2) is 0 Å². The molecular formula is C12H19F2NO4. The van der Waals surface area contributed by atoms with E-state index in [1.54, 1.807) is 0 Å². The van der Waals surface area contributed by atoms with E-state index in [9.17, 15) is 18.4 Å². The van der Waals surface area contributed by atoms with Crippen molar-refractivity contribution in [3.63, 3.8) is 0 Å². The average molecular weight is 279 g/mol. The molecule has 0 aromatic rings. The molecule has 1 atom stereocenters. The van der Waals surface area contributed by atoms with Gasteiger partial charge in [-0.05, 0) is 25.7 Å². The van der Waals surface area contributed by atoms with Crippen molar-refractivity contribution in [3.05, 3.63) is 0 Å². The van der Waals surface area contributed by atoms with Gasteiger partial charge in [0.1, 0.15) is 0 Å². The molecule has 1 unspecified atom stereocenters. The van der Waals surface area contributed by atoms with Gasteiger partial charge in [0.2, 0.25) is 0 Å². The number of hydrogen-bond acceptors (Lipinski definition) is 4. The third kappa shape index (κ3) is 4.12. The summed E-state index contributed by atoms with van der Waals surface area (Å²) in [6.07, 6.45) is 1.67. The van der Waals surface area contributed by atoms with Crippen LogP contribution in [0.15, 0.2) is 0 Å². The fraction of sp³-hybridized carbons (Fsp3) is 0.833. The van der Waals surface area contributed by atoms with Crippen molar-refractivity contribution in [3.8, 4) is 0 Å². The molecule has 1 fully saturated rings. The van der Waals surface area contributed by atoms with Crippen LogP contribution < -0.4 is 0 Å². The molecule has 1 aliphatic heterocycles. The van der Waals surface area contributed by atoms with Crippen LogP contribution in [-0.4, -0.2) is 56.1 Å². The number of rotatable bonds is 5. The van der Waals surface area contributed by atoms with Crippen molar-refractivity contribution in [2.75, 3.05) is 33.4 Å². The fourth-order valence-corrected chi connectivity index (χ4v) is 1.97. The molecule has 0 N–H and O–H groups in total. The Morgan fingerprint density at radius 1 is 1.47 bits per heavy atom. The lowest BCUT2D eigenvalue weighted by molar-refractivity contribution is -0.182. The standard InChI is InChI=1S/C12H19F2NO4/c1-3-19-11(17)12(13,14)10(16)15(2)7-9-5-4-6-18-8-9/h9H,3-8H2,1-2H3. The highest BCUT2D eigenvalue weighted by molar-refractivity contribution is 6.04. The third-order valence-corrected chi connectivity index (χ3v) is 2.93. The zero-order valence-corrected chi connectivity index (χ0v) is 11.2. The summed E-state index contributed by atoms with van der Waals surface area (Å²) in [7, 11) is 1.25. The van der Waals surface area contributed by atoms with Crippen molar-refractivity contribution in [1.29, 1.82) is 0 Å². The summed E-state index contributed by atoms with van der Waals surface area (Å²) < 4.78 is 36.4. The molecule has 1 saturated heterocycles. The minimum Gasteiger partial charge on any atom is -0.461 e. The van der Waals surface area contributed by atoms with Crippen molar-refractivity contribution in [1.82, 2.24) is 4.90 Å². The molecule has 1 heterocycles. The van der Waals surface area contributed by atoms with E-state index >= 15 is 0 Å². The van der Waals surface area contributed by atoms with Gasteiger partial charge in [-0.15, -0.1) is 0 Å². The maximum Gasteiger partial charge on any atom is 0.419 e. The van der Waals surface area contributed by atoms with Gasteiger partial charge in [-0.1, -0.05) is 0 Å². The topological polar surface area (TPSA) is 55.8 Å². The molecule has 19 heavy (non-hydrogen) atoms. The van der Waals surface area contributed by atoms with Crippen LogP contribution in [0.3, 0.4) is 0 Å². The van der Waals surface area contributed by atoms with E-state index in [1.165, 1.54) is 14.0 Å². The normalized spacial score (nSPS) is 19.9. The molecule has 1 aliphatic rings. The molecule has 110 valence electrons. The number of alkyl halides is 2. The quantitative estimate of drug-likeness (QED) is 0.558. The molecule has 0 aliphatic carbocycles. The highest BCUT2D eigenvalue weighted by atomic mass is 19.3. The molecule has 0 aromatic carbocycles. The number of carbonyl (C=O) groups is 2. The molecule has 0 radical (unpaired) electrons. The minimum absolute atomic E-state index is 0.0284. The average Bonchev–Trinajstić information content (AvgIpc) is 2.39. The number of ether oxygens (including phenoxy) is 2. The maximum atomic E-state index is 13.5. The Labute approximate surface area is 110 Å². The van der Waals surface area contributed by atoms with E-state index in [0.29, 0.717) is 13.2 Å². The van der Waals surface area contributed by atoms with E-state index in [-0.39, 0.29) is 19.1 Å². The van der Waals surface area contributed by atoms with Crippen LogP contribution in [0.2, 0.25) is 0 Å². The molecule has 7 heteroatoms. The molecule has 0 spiro atoms. The Balaban J connectivity index is 2.56. The summed E-state index contributed by atoms with van der Waals surface area (Å²) >= 11 is 0. The fourth-order valence-electron chi connectivity index (χ4n) is 1.97. The predicted molar refractivity (Wildman–Crippen MR) is 62.8 cm³/mol. The van der Waals surface area contributed by atoms with Gasteiger partial charge in [0.05, 0.1) is 13.2 Å². The second kappa shape index (κ2) is 6.79. The predicted octanol–water partition coefficient (Wildman–Crippen LogP) is 1.07. The van der Waals surface area contributed by atoms with Crippen LogP contribution in [0.25, 0.3) is 0 Å². The molecule has 0 aromatic heterocycles. The van der Waals surface area contributed by atoms with Crippen LogP contribution in [0.5, 0.6) is 0 Å². The highest BCUT2D eigenvalue weighted by Crippen LogP contribution is 2.21. The summed E-state index contributed by atoms with van der Waals surface area (Å²) in [5, 5.41) is 0. The second-order valence-electron chi connectivity index (χ2n) is 4.56. The number of esters is 1. The van der Waals surface area contributed by atoms with Crippen molar-refractivity contribution in [2.45, 2.75) is 25.7 Å². The van der Waals surface area contributed by atoms with Crippen LogP contribution in [-0.2, 0) is 19.1 Å². The van der Waals surface area contributed by atoms with Gasteiger partial charge in [-0.2, -0.15) is 8.78 Å². The zero-order chi connectivity index (χ0) is 14.5. The van der Waals surface area contributed by atoms with E-state index in [1.807, 2.05) is 0 Å². The largest absolute Gasteiger partial charge is 0.461 e. The lowest BCUT2D eigenvalue weighted by atomic mass is 10.0. The van der Waals surface area contributed by atoms with Gasteiger partial charge < -0.3 is 14.4 Å². The number of nitrogens with zero attached hydrogens (tertiary/aromatic N) is 1. The minimum atomic E-state index is -4.12. The molecule has 5 nitrogen and oxygen atoms in total. The Morgan fingerprint density at radius 2 is 2.16 bits per heavy atom. The highest BCUT2D eigenvalue weighted by Gasteiger charge is 2.50. The number of halogens is 2. The van der Waals surface area contributed by atoms with E-state index in [0.717, 1.165) is 17.7 Å². The first-order valence-corrected chi connectivity index (χ1v) is 6.28. The van der Waals surface area contributed by atoms with Crippen molar-refractivity contribution in [2.24, 2.45) is 5.92 Å². The number of hydrogen-bond donors (Lipinski definition) is 0. The third-order valence-electron chi connectivity index (χ3n) is 2.93. The van der Waals surface area contributed by atoms with Crippen molar-refractivity contribution < 1.29 is 27.8 Å². The SMILES string of the molecule is CCOC(=O)C(F)(F)C(=O)N(C)CC1CCCOC1. The molecule has 1 amide bonds. The smallest absolute Gasteiger partial charge is 0.419 e. The number of amides is 1. The van der Waals surface area contributed by atoms with Gasteiger partial charge in [0, 0.05) is 20.2 Å². The second-order valence-corrected chi connectivity index (χ2v) is 4.56. The van der Waals surface area contributed by atoms with Crippen LogP contribution in [0, 0.1) is 5.92 Å². The van der Waals surface area contributed by atoms with Crippen molar-refractivity contribution >= 4 is 11.9 Å². The first kappa shape index (κ1) is 15.8. The Morgan fingerprint density at radius 3 is 2.68 bits per heavy atom. The van der Waals surface area contributed by atoms with E-state index < -0.39 is 17.8 Å². The first-order chi connectivity index (χ1) is 8.89. The zero-order valence-electron chi connectivity index (χ0n) is 11.2. The van der Waals surface area contributed by atoms with Crippen LogP contribution in [0.4, 0.5) is 8.78 Å². The van der Waals surface area contributed by atoms with Crippen LogP contribution >= 0.6 is 0 Å². The van der Waals surface area contributed by atoms with Gasteiger partial charge >= 0.3 is 17.8 Å². The Bertz CT molecular complexity index is 330. The summed E-state index contributed by atoms with van der Waals surface area (Å²) in [4.78, 5) is 23.5. The molecular weight excluding hydrogens is 260 g/mol.